The van der Waals surface area contributed by atoms with E-state index in [1.165, 1.54) is 28.6 Å². The molecule has 1 amide bonds. The highest BCUT2D eigenvalue weighted by Gasteiger charge is 2.09. The van der Waals surface area contributed by atoms with E-state index in [1.807, 2.05) is 0 Å². The second-order valence-corrected chi connectivity index (χ2v) is 6.33. The predicted octanol–water partition coefficient (Wildman–Crippen LogP) is 4.27. The highest BCUT2D eigenvalue weighted by Crippen LogP contribution is 2.22. The minimum Gasteiger partial charge on any atom is -0.326 e. The molecule has 7 heteroatoms. The van der Waals surface area contributed by atoms with Crippen molar-refractivity contribution in [3.05, 3.63) is 72.6 Å². The molecule has 3 rings (SSSR count). The third-order valence-corrected chi connectivity index (χ3v) is 4.46. The molecule has 0 atom stereocenters. The number of thioether (sulfide) groups is 1. The molecule has 1 heterocycles. The van der Waals surface area contributed by atoms with E-state index in [1.54, 1.807) is 48.8 Å². The maximum Gasteiger partial charge on any atom is 0.225 e. The highest BCUT2D eigenvalue weighted by atomic mass is 32.2. The predicted molar refractivity (Wildman–Crippen MR) is 93.9 cm³/mol. The van der Waals surface area contributed by atoms with Crippen LogP contribution in [0.15, 0.2) is 65.8 Å². The lowest BCUT2D eigenvalue weighted by Gasteiger charge is -2.08. The molecule has 0 fully saturated rings. The Bertz CT molecular complexity index is 869. The van der Waals surface area contributed by atoms with Crippen LogP contribution in [0.4, 0.5) is 14.5 Å². The number of hydrogen-bond acceptors (Lipinski definition) is 3. The van der Waals surface area contributed by atoms with Gasteiger partial charge in [0.05, 0.1) is 0 Å². The Kier molecular flexibility index (Phi) is 5.45. The average molecular weight is 359 g/mol. The average Bonchev–Trinajstić information content (AvgIpc) is 3.11. The van der Waals surface area contributed by atoms with E-state index in [-0.39, 0.29) is 18.1 Å². The summed E-state index contributed by atoms with van der Waals surface area (Å²) in [4.78, 5) is 12.5. The first-order valence-electron chi connectivity index (χ1n) is 7.60. The minimum atomic E-state index is -0.484. The summed E-state index contributed by atoms with van der Waals surface area (Å²) in [5.41, 5.74) is 0.674. The van der Waals surface area contributed by atoms with Gasteiger partial charge in [-0.1, -0.05) is 12.1 Å². The van der Waals surface area contributed by atoms with Crippen molar-refractivity contribution in [2.75, 3.05) is 11.1 Å². The van der Waals surface area contributed by atoms with Gasteiger partial charge in [0.2, 0.25) is 5.91 Å². The van der Waals surface area contributed by atoms with E-state index >= 15 is 0 Å². The number of anilines is 1. The van der Waals surface area contributed by atoms with Crippen molar-refractivity contribution in [3.63, 3.8) is 0 Å². The number of rotatable bonds is 6. The molecule has 0 aliphatic carbocycles. The van der Waals surface area contributed by atoms with Crippen molar-refractivity contribution in [2.24, 2.45) is 0 Å². The van der Waals surface area contributed by atoms with Crippen LogP contribution in [0.25, 0.3) is 5.69 Å². The van der Waals surface area contributed by atoms with Crippen LogP contribution >= 0.6 is 11.8 Å². The van der Waals surface area contributed by atoms with Crippen molar-refractivity contribution >= 4 is 23.4 Å². The number of aromatic nitrogens is 2. The Morgan fingerprint density at radius 1 is 1.12 bits per heavy atom. The smallest absolute Gasteiger partial charge is 0.225 e. The number of nitrogens with zero attached hydrogens (tertiary/aromatic N) is 2. The van der Waals surface area contributed by atoms with Gasteiger partial charge in [-0.15, -0.1) is 11.8 Å². The Labute approximate surface area is 147 Å². The van der Waals surface area contributed by atoms with Gasteiger partial charge in [0.25, 0.3) is 0 Å². The Morgan fingerprint density at radius 2 is 1.96 bits per heavy atom. The first-order valence-corrected chi connectivity index (χ1v) is 8.59. The molecule has 0 bridgehead atoms. The fourth-order valence-corrected chi connectivity index (χ4v) is 3.11. The summed E-state index contributed by atoms with van der Waals surface area (Å²) in [6.45, 7) is 0. The molecule has 4 nitrogen and oxygen atoms in total. The van der Waals surface area contributed by atoms with Gasteiger partial charge in [-0.05, 0) is 36.4 Å². The van der Waals surface area contributed by atoms with E-state index in [4.69, 9.17) is 0 Å². The molecule has 1 N–H and O–H groups in total. The molecule has 0 saturated carbocycles. The van der Waals surface area contributed by atoms with E-state index in [0.717, 1.165) is 0 Å². The van der Waals surface area contributed by atoms with Gasteiger partial charge in [-0.2, -0.15) is 5.10 Å². The summed E-state index contributed by atoms with van der Waals surface area (Å²) in [5.74, 6) is -0.609. The van der Waals surface area contributed by atoms with Crippen LogP contribution in [-0.2, 0) is 4.79 Å². The third kappa shape index (κ3) is 4.45. The highest BCUT2D eigenvalue weighted by molar-refractivity contribution is 7.99. The largest absolute Gasteiger partial charge is 0.326 e. The van der Waals surface area contributed by atoms with Crippen molar-refractivity contribution in [2.45, 2.75) is 11.3 Å². The normalized spacial score (nSPS) is 10.6. The molecule has 0 radical (unpaired) electrons. The fraction of sp³-hybridized carbons (Fsp3) is 0.111. The standard InChI is InChI=1S/C18H15F2N3OS/c19-14-4-1-2-5-17(14)25-11-8-18(24)22-13-6-7-16(15(20)12-13)23-10-3-9-21-23/h1-7,9-10,12H,8,11H2,(H,22,24). The van der Waals surface area contributed by atoms with Gasteiger partial charge in [-0.25, -0.2) is 13.5 Å². The van der Waals surface area contributed by atoms with Crippen molar-refractivity contribution in [1.82, 2.24) is 9.78 Å². The summed E-state index contributed by atoms with van der Waals surface area (Å²) in [6, 6.07) is 12.5. The summed E-state index contributed by atoms with van der Waals surface area (Å²) in [5, 5.41) is 6.61. The van der Waals surface area contributed by atoms with Crippen LogP contribution < -0.4 is 5.32 Å². The number of nitrogens with one attached hydrogen (secondary N) is 1. The molecular weight excluding hydrogens is 344 g/mol. The van der Waals surface area contributed by atoms with Crippen LogP contribution in [0.1, 0.15) is 6.42 Å². The van der Waals surface area contributed by atoms with Crippen LogP contribution in [0.5, 0.6) is 0 Å². The maximum absolute atomic E-state index is 14.1. The second-order valence-electron chi connectivity index (χ2n) is 5.19. The van der Waals surface area contributed by atoms with E-state index in [0.29, 0.717) is 22.0 Å². The van der Waals surface area contributed by atoms with Crippen LogP contribution in [-0.4, -0.2) is 21.4 Å². The molecule has 128 valence electrons. The molecule has 2 aromatic carbocycles. The van der Waals surface area contributed by atoms with Crippen molar-refractivity contribution in [1.29, 1.82) is 0 Å². The minimum absolute atomic E-state index is 0.196. The number of carbonyl (C=O) groups excluding carboxylic acids is 1. The number of amides is 1. The first-order chi connectivity index (χ1) is 12.1. The lowest BCUT2D eigenvalue weighted by molar-refractivity contribution is -0.115. The molecule has 0 saturated heterocycles. The lowest BCUT2D eigenvalue weighted by atomic mass is 10.2. The van der Waals surface area contributed by atoms with Crippen LogP contribution in [0.2, 0.25) is 0 Å². The number of hydrogen-bond donors (Lipinski definition) is 1. The molecule has 1 aromatic heterocycles. The number of benzene rings is 2. The number of carbonyl (C=O) groups is 1. The first kappa shape index (κ1) is 17.2. The van der Waals surface area contributed by atoms with Crippen LogP contribution in [0.3, 0.4) is 0 Å². The van der Waals surface area contributed by atoms with Crippen molar-refractivity contribution < 1.29 is 13.6 Å². The molecule has 25 heavy (non-hydrogen) atoms. The Balaban J connectivity index is 1.54. The second kappa shape index (κ2) is 7.94. The summed E-state index contributed by atoms with van der Waals surface area (Å²) >= 11 is 1.27. The topological polar surface area (TPSA) is 46.9 Å². The van der Waals surface area contributed by atoms with E-state index in [2.05, 4.69) is 10.4 Å². The van der Waals surface area contributed by atoms with Crippen LogP contribution in [0, 0.1) is 11.6 Å². The number of halogens is 2. The van der Waals surface area contributed by atoms with Gasteiger partial charge in [0.15, 0.2) is 5.82 Å². The van der Waals surface area contributed by atoms with Gasteiger partial charge in [-0.3, -0.25) is 4.79 Å². The van der Waals surface area contributed by atoms with Gasteiger partial charge in [0.1, 0.15) is 11.5 Å². The zero-order valence-corrected chi connectivity index (χ0v) is 14.0. The molecule has 0 aliphatic heterocycles. The van der Waals surface area contributed by atoms with Gasteiger partial charge < -0.3 is 5.32 Å². The Hall–Kier alpha value is -2.67. The lowest BCUT2D eigenvalue weighted by Crippen LogP contribution is -2.12. The third-order valence-electron chi connectivity index (χ3n) is 3.41. The molecule has 0 spiro atoms. The van der Waals surface area contributed by atoms with Crippen molar-refractivity contribution in [3.8, 4) is 5.69 Å². The Morgan fingerprint density at radius 3 is 2.68 bits per heavy atom. The summed E-state index contributed by atoms with van der Waals surface area (Å²) in [7, 11) is 0. The van der Waals surface area contributed by atoms with E-state index < -0.39 is 5.82 Å². The van der Waals surface area contributed by atoms with E-state index in [9.17, 15) is 13.6 Å². The monoisotopic (exact) mass is 359 g/mol. The summed E-state index contributed by atoms with van der Waals surface area (Å²) in [6.07, 6.45) is 3.39. The molecule has 0 aliphatic rings. The van der Waals surface area contributed by atoms with Gasteiger partial charge >= 0.3 is 0 Å². The quantitative estimate of drug-likeness (QED) is 0.669. The zero-order chi connectivity index (χ0) is 17.6. The molecule has 3 aromatic rings. The fourth-order valence-electron chi connectivity index (χ4n) is 2.22. The maximum atomic E-state index is 14.1. The summed E-state index contributed by atoms with van der Waals surface area (Å²) < 4.78 is 29.0. The molecular formula is C18H15F2N3OS. The van der Waals surface area contributed by atoms with Gasteiger partial charge in [0, 0.05) is 35.2 Å². The zero-order valence-electron chi connectivity index (χ0n) is 13.2. The molecule has 0 unspecified atom stereocenters. The SMILES string of the molecule is O=C(CCSc1ccccc1F)Nc1ccc(-n2cccn2)c(F)c1.